The Morgan fingerprint density at radius 2 is 1.93 bits per heavy atom. The van der Waals surface area contributed by atoms with E-state index in [2.05, 4.69) is 5.32 Å². The lowest BCUT2D eigenvalue weighted by Gasteiger charge is -2.07. The molecule has 1 aromatic rings. The predicted octanol–water partition coefficient (Wildman–Crippen LogP) is 2.08. The molecule has 1 aromatic carbocycles. The summed E-state index contributed by atoms with van der Waals surface area (Å²) in [5.41, 5.74) is 2.78. The van der Waals surface area contributed by atoms with Gasteiger partial charge in [-0.1, -0.05) is 6.07 Å². The highest BCUT2D eigenvalue weighted by Gasteiger charge is 2.04. The third kappa shape index (κ3) is 3.54. The number of aryl methyl sites for hydroxylation is 1. The Morgan fingerprint density at radius 3 is 2.47 bits per heavy atom. The third-order valence-corrected chi connectivity index (χ3v) is 2.11. The summed E-state index contributed by atoms with van der Waals surface area (Å²) in [7, 11) is 0. The zero-order valence-electron chi connectivity index (χ0n) is 9.26. The maximum Gasteiger partial charge on any atom is 0.221 e. The van der Waals surface area contributed by atoms with E-state index in [9.17, 15) is 9.59 Å². The van der Waals surface area contributed by atoms with Gasteiger partial charge in [0.1, 0.15) is 5.78 Å². The summed E-state index contributed by atoms with van der Waals surface area (Å²) >= 11 is 0. The lowest BCUT2D eigenvalue weighted by atomic mass is 10.0. The van der Waals surface area contributed by atoms with Crippen molar-refractivity contribution in [1.29, 1.82) is 0 Å². The van der Waals surface area contributed by atoms with Crippen molar-refractivity contribution in [2.45, 2.75) is 27.2 Å². The fraction of sp³-hybridized carbons (Fsp3) is 0.333. The number of carbonyl (C=O) groups excluding carboxylic acids is 2. The number of carbonyl (C=O) groups is 2. The van der Waals surface area contributed by atoms with Gasteiger partial charge in [0.05, 0.1) is 0 Å². The molecular weight excluding hydrogens is 190 g/mol. The molecule has 0 heterocycles. The van der Waals surface area contributed by atoms with E-state index in [1.165, 1.54) is 6.92 Å². The van der Waals surface area contributed by atoms with Crippen LogP contribution in [-0.2, 0) is 16.0 Å². The highest BCUT2D eigenvalue weighted by molar-refractivity contribution is 5.89. The average molecular weight is 205 g/mol. The maximum absolute atomic E-state index is 11.0. The van der Waals surface area contributed by atoms with Crippen LogP contribution in [0.3, 0.4) is 0 Å². The number of amides is 1. The fourth-order valence-corrected chi connectivity index (χ4v) is 1.41. The van der Waals surface area contributed by atoms with E-state index < -0.39 is 0 Å². The van der Waals surface area contributed by atoms with Crippen LogP contribution >= 0.6 is 0 Å². The highest BCUT2D eigenvalue weighted by atomic mass is 16.1. The van der Waals surface area contributed by atoms with Crippen molar-refractivity contribution < 1.29 is 9.59 Å². The van der Waals surface area contributed by atoms with E-state index in [0.29, 0.717) is 6.42 Å². The number of hydrogen-bond acceptors (Lipinski definition) is 2. The minimum Gasteiger partial charge on any atom is -0.326 e. The molecule has 0 aromatic heterocycles. The molecule has 0 spiro atoms. The number of anilines is 1. The Labute approximate surface area is 89.5 Å². The summed E-state index contributed by atoms with van der Waals surface area (Å²) in [6.45, 7) is 4.98. The Kier molecular flexibility index (Phi) is 3.61. The van der Waals surface area contributed by atoms with Crippen molar-refractivity contribution in [2.24, 2.45) is 0 Å². The van der Waals surface area contributed by atoms with Gasteiger partial charge in [0, 0.05) is 19.0 Å². The highest BCUT2D eigenvalue weighted by Crippen LogP contribution is 2.16. The summed E-state index contributed by atoms with van der Waals surface area (Å²) in [5, 5.41) is 2.70. The first-order chi connectivity index (χ1) is 6.99. The van der Waals surface area contributed by atoms with E-state index in [0.717, 1.165) is 16.8 Å². The number of rotatable bonds is 3. The van der Waals surface area contributed by atoms with Gasteiger partial charge in [-0.2, -0.15) is 0 Å². The molecule has 0 aliphatic carbocycles. The van der Waals surface area contributed by atoms with Gasteiger partial charge in [0.2, 0.25) is 5.91 Å². The molecule has 0 aliphatic rings. The molecule has 0 fully saturated rings. The smallest absolute Gasteiger partial charge is 0.221 e. The summed E-state index contributed by atoms with van der Waals surface area (Å²) in [5.74, 6) is 0.0192. The SMILES string of the molecule is CC(=O)Cc1cc(NC(C)=O)ccc1C. The van der Waals surface area contributed by atoms with Crippen molar-refractivity contribution in [3.05, 3.63) is 29.3 Å². The van der Waals surface area contributed by atoms with Gasteiger partial charge in [-0.3, -0.25) is 9.59 Å². The van der Waals surface area contributed by atoms with Crippen molar-refractivity contribution in [3.8, 4) is 0 Å². The Morgan fingerprint density at radius 1 is 1.27 bits per heavy atom. The largest absolute Gasteiger partial charge is 0.326 e. The monoisotopic (exact) mass is 205 g/mol. The molecule has 0 aliphatic heterocycles. The minimum atomic E-state index is -0.104. The van der Waals surface area contributed by atoms with Crippen LogP contribution in [0.4, 0.5) is 5.69 Å². The summed E-state index contributed by atoms with van der Waals surface area (Å²) in [6, 6.07) is 5.59. The van der Waals surface area contributed by atoms with Crippen LogP contribution in [0.5, 0.6) is 0 Å². The molecule has 1 N–H and O–H groups in total. The molecule has 80 valence electrons. The Hall–Kier alpha value is -1.64. The average Bonchev–Trinajstić information content (AvgIpc) is 2.09. The van der Waals surface area contributed by atoms with Crippen molar-refractivity contribution in [1.82, 2.24) is 0 Å². The fourth-order valence-electron chi connectivity index (χ4n) is 1.41. The van der Waals surface area contributed by atoms with Crippen LogP contribution in [0.2, 0.25) is 0 Å². The van der Waals surface area contributed by atoms with Crippen molar-refractivity contribution >= 4 is 17.4 Å². The van der Waals surface area contributed by atoms with Gasteiger partial charge in [-0.05, 0) is 37.1 Å². The molecule has 15 heavy (non-hydrogen) atoms. The summed E-state index contributed by atoms with van der Waals surface area (Å²) in [6.07, 6.45) is 0.416. The number of nitrogens with one attached hydrogen (secondary N) is 1. The molecule has 0 bridgehead atoms. The maximum atomic E-state index is 11.0. The third-order valence-electron chi connectivity index (χ3n) is 2.11. The second-order valence-electron chi connectivity index (χ2n) is 3.70. The van der Waals surface area contributed by atoms with Gasteiger partial charge in [-0.15, -0.1) is 0 Å². The van der Waals surface area contributed by atoms with Crippen LogP contribution < -0.4 is 5.32 Å². The predicted molar refractivity (Wildman–Crippen MR) is 59.9 cm³/mol. The van der Waals surface area contributed by atoms with Gasteiger partial charge in [0.25, 0.3) is 0 Å². The molecule has 0 atom stereocenters. The van der Waals surface area contributed by atoms with Crippen molar-refractivity contribution in [3.63, 3.8) is 0 Å². The standard InChI is InChI=1S/C12H15NO2/c1-8-4-5-12(13-10(3)15)7-11(8)6-9(2)14/h4-5,7H,6H2,1-3H3,(H,13,15). The zero-order chi connectivity index (χ0) is 11.4. The summed E-state index contributed by atoms with van der Waals surface area (Å²) < 4.78 is 0. The molecule has 3 heteroatoms. The Bertz CT molecular complexity index is 397. The van der Waals surface area contributed by atoms with Gasteiger partial charge >= 0.3 is 0 Å². The normalized spacial score (nSPS) is 9.80. The first-order valence-corrected chi connectivity index (χ1v) is 4.85. The molecular formula is C12H15NO2. The number of Topliss-reactive ketones (excluding diaryl/α,β-unsaturated/α-hetero) is 1. The zero-order valence-corrected chi connectivity index (χ0v) is 9.26. The van der Waals surface area contributed by atoms with Gasteiger partial charge in [0.15, 0.2) is 0 Å². The second-order valence-corrected chi connectivity index (χ2v) is 3.70. The molecule has 1 amide bonds. The Balaban J connectivity index is 2.94. The topological polar surface area (TPSA) is 46.2 Å². The van der Waals surface area contributed by atoms with Crippen LogP contribution in [0.1, 0.15) is 25.0 Å². The molecule has 0 saturated heterocycles. The van der Waals surface area contributed by atoms with Crippen LogP contribution in [0.25, 0.3) is 0 Å². The quantitative estimate of drug-likeness (QED) is 0.821. The molecule has 3 nitrogen and oxygen atoms in total. The minimum absolute atomic E-state index is 0.104. The molecule has 0 unspecified atom stereocenters. The number of benzene rings is 1. The van der Waals surface area contributed by atoms with Crippen LogP contribution in [0.15, 0.2) is 18.2 Å². The number of hydrogen-bond donors (Lipinski definition) is 1. The first-order valence-electron chi connectivity index (χ1n) is 4.85. The lowest BCUT2D eigenvalue weighted by molar-refractivity contribution is -0.116. The van der Waals surface area contributed by atoms with E-state index in [1.54, 1.807) is 6.92 Å². The molecule has 0 saturated carbocycles. The van der Waals surface area contributed by atoms with Gasteiger partial charge < -0.3 is 5.32 Å². The van der Waals surface area contributed by atoms with Gasteiger partial charge in [-0.25, -0.2) is 0 Å². The van der Waals surface area contributed by atoms with Crippen molar-refractivity contribution in [2.75, 3.05) is 5.32 Å². The molecule has 0 radical (unpaired) electrons. The second kappa shape index (κ2) is 4.73. The summed E-state index contributed by atoms with van der Waals surface area (Å²) in [4.78, 5) is 21.9. The lowest BCUT2D eigenvalue weighted by Crippen LogP contribution is -2.07. The van der Waals surface area contributed by atoms with Crippen LogP contribution in [-0.4, -0.2) is 11.7 Å². The number of ketones is 1. The van der Waals surface area contributed by atoms with E-state index in [1.807, 2.05) is 25.1 Å². The van der Waals surface area contributed by atoms with E-state index >= 15 is 0 Å². The van der Waals surface area contributed by atoms with E-state index in [-0.39, 0.29) is 11.7 Å². The first kappa shape index (κ1) is 11.4. The molecule has 1 rings (SSSR count). The van der Waals surface area contributed by atoms with E-state index in [4.69, 9.17) is 0 Å². The van der Waals surface area contributed by atoms with Crippen LogP contribution in [0, 0.1) is 6.92 Å².